The SMILES string of the molecule is COc1[nH]ncc1CN. The molecule has 3 N–H and O–H groups in total. The standard InChI is InChI=1S/C5H9N3O/c1-9-5-4(2-6)3-7-8-5/h3H,2,6H2,1H3,(H,7,8). The van der Waals surface area contributed by atoms with Gasteiger partial charge in [-0.25, -0.2) is 5.10 Å². The Morgan fingerprint density at radius 3 is 3.11 bits per heavy atom. The zero-order chi connectivity index (χ0) is 6.69. The van der Waals surface area contributed by atoms with E-state index in [9.17, 15) is 0 Å². The number of nitrogens with two attached hydrogens (primary N) is 1. The maximum Gasteiger partial charge on any atom is 0.213 e. The lowest BCUT2D eigenvalue weighted by Gasteiger charge is -1.94. The van der Waals surface area contributed by atoms with Crippen LogP contribution in [-0.4, -0.2) is 17.3 Å². The quantitative estimate of drug-likeness (QED) is 0.582. The summed E-state index contributed by atoms with van der Waals surface area (Å²) in [5.74, 6) is 0.650. The van der Waals surface area contributed by atoms with Crippen molar-refractivity contribution >= 4 is 0 Å². The Morgan fingerprint density at radius 2 is 2.67 bits per heavy atom. The van der Waals surface area contributed by atoms with Crippen LogP contribution in [0.5, 0.6) is 5.88 Å². The Labute approximate surface area is 53.0 Å². The number of hydrogen-bond donors (Lipinski definition) is 2. The van der Waals surface area contributed by atoms with Gasteiger partial charge in [-0.2, -0.15) is 5.10 Å². The van der Waals surface area contributed by atoms with E-state index in [1.165, 1.54) is 0 Å². The zero-order valence-electron chi connectivity index (χ0n) is 5.22. The molecule has 0 aliphatic heterocycles. The van der Waals surface area contributed by atoms with E-state index >= 15 is 0 Å². The second-order valence-corrected chi connectivity index (χ2v) is 1.63. The number of methoxy groups -OCH3 is 1. The molecule has 0 atom stereocenters. The van der Waals surface area contributed by atoms with Crippen LogP contribution < -0.4 is 10.5 Å². The van der Waals surface area contributed by atoms with Crippen LogP contribution in [0.25, 0.3) is 0 Å². The smallest absolute Gasteiger partial charge is 0.213 e. The van der Waals surface area contributed by atoms with Gasteiger partial charge in [0.1, 0.15) is 0 Å². The molecule has 0 saturated heterocycles. The lowest BCUT2D eigenvalue weighted by molar-refractivity contribution is 0.392. The Morgan fingerprint density at radius 1 is 1.89 bits per heavy atom. The number of H-pyrrole nitrogens is 1. The number of aromatic amines is 1. The summed E-state index contributed by atoms with van der Waals surface area (Å²) in [6.45, 7) is 0.458. The van der Waals surface area contributed by atoms with E-state index in [1.807, 2.05) is 0 Å². The molecule has 0 amide bonds. The molecule has 1 heterocycles. The number of hydrogen-bond acceptors (Lipinski definition) is 3. The minimum atomic E-state index is 0.458. The van der Waals surface area contributed by atoms with Crippen molar-refractivity contribution in [1.82, 2.24) is 10.2 Å². The van der Waals surface area contributed by atoms with Crippen LogP contribution in [0.15, 0.2) is 6.20 Å². The van der Waals surface area contributed by atoms with Gasteiger partial charge < -0.3 is 10.5 Å². The highest BCUT2D eigenvalue weighted by Gasteiger charge is 1.99. The van der Waals surface area contributed by atoms with Crippen LogP contribution in [0, 0.1) is 0 Å². The van der Waals surface area contributed by atoms with Crippen molar-refractivity contribution in [2.45, 2.75) is 6.54 Å². The van der Waals surface area contributed by atoms with E-state index in [4.69, 9.17) is 10.5 Å². The molecule has 0 spiro atoms. The van der Waals surface area contributed by atoms with Crippen LogP contribution >= 0.6 is 0 Å². The first-order chi connectivity index (χ1) is 4.38. The molecular formula is C5H9N3O. The molecule has 50 valence electrons. The van der Waals surface area contributed by atoms with Crippen LogP contribution in [0.2, 0.25) is 0 Å². The minimum absolute atomic E-state index is 0.458. The molecule has 0 aliphatic carbocycles. The first-order valence-corrected chi connectivity index (χ1v) is 2.64. The number of aromatic nitrogens is 2. The molecule has 1 rings (SSSR count). The third-order valence-corrected chi connectivity index (χ3v) is 1.10. The van der Waals surface area contributed by atoms with Crippen LogP contribution in [0.4, 0.5) is 0 Å². The average Bonchev–Trinajstić information content (AvgIpc) is 2.33. The van der Waals surface area contributed by atoms with Crippen molar-refractivity contribution in [3.05, 3.63) is 11.8 Å². The third-order valence-electron chi connectivity index (χ3n) is 1.10. The van der Waals surface area contributed by atoms with Gasteiger partial charge in [0.2, 0.25) is 5.88 Å². The van der Waals surface area contributed by atoms with E-state index in [0.717, 1.165) is 5.56 Å². The summed E-state index contributed by atoms with van der Waals surface area (Å²) in [4.78, 5) is 0. The Balaban J connectivity index is 2.85. The fourth-order valence-corrected chi connectivity index (χ4v) is 0.621. The fraction of sp³-hybridized carbons (Fsp3) is 0.400. The molecule has 0 bridgehead atoms. The van der Waals surface area contributed by atoms with Gasteiger partial charge in [0, 0.05) is 12.1 Å². The predicted octanol–water partition coefficient (Wildman–Crippen LogP) is -0.123. The van der Waals surface area contributed by atoms with Gasteiger partial charge >= 0.3 is 0 Å². The van der Waals surface area contributed by atoms with Crippen molar-refractivity contribution in [1.29, 1.82) is 0 Å². The van der Waals surface area contributed by atoms with Gasteiger partial charge in [-0.1, -0.05) is 0 Å². The first-order valence-electron chi connectivity index (χ1n) is 2.64. The van der Waals surface area contributed by atoms with Crippen molar-refractivity contribution in [3.8, 4) is 5.88 Å². The summed E-state index contributed by atoms with van der Waals surface area (Å²) >= 11 is 0. The number of ether oxygens (including phenoxy) is 1. The largest absolute Gasteiger partial charge is 0.481 e. The van der Waals surface area contributed by atoms with Crippen LogP contribution in [0.1, 0.15) is 5.56 Å². The summed E-state index contributed by atoms with van der Waals surface area (Å²) in [5, 5.41) is 6.39. The summed E-state index contributed by atoms with van der Waals surface area (Å²) < 4.78 is 4.88. The van der Waals surface area contributed by atoms with Crippen molar-refractivity contribution in [2.75, 3.05) is 7.11 Å². The van der Waals surface area contributed by atoms with Crippen LogP contribution in [0.3, 0.4) is 0 Å². The van der Waals surface area contributed by atoms with Gasteiger partial charge in [0.25, 0.3) is 0 Å². The van der Waals surface area contributed by atoms with E-state index in [-0.39, 0.29) is 0 Å². The molecule has 4 heteroatoms. The van der Waals surface area contributed by atoms with E-state index in [0.29, 0.717) is 12.4 Å². The highest BCUT2D eigenvalue weighted by molar-refractivity contribution is 5.21. The average molecular weight is 127 g/mol. The van der Waals surface area contributed by atoms with Crippen molar-refractivity contribution in [2.24, 2.45) is 5.73 Å². The molecule has 1 aromatic heterocycles. The molecule has 9 heavy (non-hydrogen) atoms. The number of rotatable bonds is 2. The highest BCUT2D eigenvalue weighted by atomic mass is 16.5. The molecule has 4 nitrogen and oxygen atoms in total. The molecule has 0 aliphatic rings. The summed E-state index contributed by atoms with van der Waals surface area (Å²) in [6, 6.07) is 0. The summed E-state index contributed by atoms with van der Waals surface area (Å²) in [5.41, 5.74) is 6.23. The molecule has 0 saturated carbocycles. The van der Waals surface area contributed by atoms with Crippen LogP contribution in [-0.2, 0) is 6.54 Å². The number of nitrogens with zero attached hydrogens (tertiary/aromatic N) is 1. The van der Waals surface area contributed by atoms with Gasteiger partial charge in [-0.15, -0.1) is 0 Å². The minimum Gasteiger partial charge on any atom is -0.481 e. The summed E-state index contributed by atoms with van der Waals surface area (Å²) in [6.07, 6.45) is 1.65. The monoisotopic (exact) mass is 127 g/mol. The predicted molar refractivity (Wildman–Crippen MR) is 33.0 cm³/mol. The lowest BCUT2D eigenvalue weighted by Crippen LogP contribution is -1.96. The molecule has 0 radical (unpaired) electrons. The highest BCUT2D eigenvalue weighted by Crippen LogP contribution is 2.10. The van der Waals surface area contributed by atoms with Gasteiger partial charge in [-0.05, 0) is 0 Å². The Kier molecular flexibility index (Phi) is 1.69. The van der Waals surface area contributed by atoms with Crippen molar-refractivity contribution < 1.29 is 4.74 Å². The Bertz CT molecular complexity index is 166. The third kappa shape index (κ3) is 1.02. The first kappa shape index (κ1) is 6.10. The van der Waals surface area contributed by atoms with E-state index in [1.54, 1.807) is 13.3 Å². The van der Waals surface area contributed by atoms with E-state index in [2.05, 4.69) is 10.2 Å². The van der Waals surface area contributed by atoms with Gasteiger partial charge in [0.15, 0.2) is 0 Å². The van der Waals surface area contributed by atoms with E-state index < -0.39 is 0 Å². The molecule has 0 unspecified atom stereocenters. The molecule has 1 aromatic rings. The van der Waals surface area contributed by atoms with Crippen molar-refractivity contribution in [3.63, 3.8) is 0 Å². The fourth-order valence-electron chi connectivity index (χ4n) is 0.621. The zero-order valence-corrected chi connectivity index (χ0v) is 5.22. The molecular weight excluding hydrogens is 118 g/mol. The maximum atomic E-state index is 5.33. The van der Waals surface area contributed by atoms with Gasteiger partial charge in [-0.3, -0.25) is 0 Å². The topological polar surface area (TPSA) is 63.9 Å². The summed E-state index contributed by atoms with van der Waals surface area (Å²) in [7, 11) is 1.58. The normalized spacial score (nSPS) is 9.56. The Hall–Kier alpha value is -1.03. The van der Waals surface area contributed by atoms with Gasteiger partial charge in [0.05, 0.1) is 13.3 Å². The number of nitrogens with one attached hydrogen (secondary N) is 1. The second kappa shape index (κ2) is 2.50. The lowest BCUT2D eigenvalue weighted by atomic mass is 10.3. The molecule has 0 aromatic carbocycles. The maximum absolute atomic E-state index is 5.33. The second-order valence-electron chi connectivity index (χ2n) is 1.63. The molecule has 0 fully saturated rings.